The lowest BCUT2D eigenvalue weighted by Crippen LogP contribution is -2.28. The van der Waals surface area contributed by atoms with Crippen molar-refractivity contribution < 1.29 is 0 Å². The highest BCUT2D eigenvalue weighted by molar-refractivity contribution is 5.74. The van der Waals surface area contributed by atoms with E-state index in [-0.39, 0.29) is 6.04 Å². The summed E-state index contributed by atoms with van der Waals surface area (Å²) >= 11 is 0. The van der Waals surface area contributed by atoms with Crippen LogP contribution in [0.15, 0.2) is 30.6 Å². The second-order valence-corrected chi connectivity index (χ2v) is 5.23. The highest BCUT2D eigenvalue weighted by Gasteiger charge is 2.10. The first-order valence-electron chi connectivity index (χ1n) is 7.52. The number of nitrogens with zero attached hydrogens (tertiary/aromatic N) is 2. The molecule has 0 amide bonds. The van der Waals surface area contributed by atoms with Gasteiger partial charge < -0.3 is 0 Å². The number of hydrogen-bond donors (Lipinski definition) is 2. The average molecular weight is 272 g/mol. The van der Waals surface area contributed by atoms with Crippen LogP contribution in [0.2, 0.25) is 0 Å². The third-order valence-corrected chi connectivity index (χ3v) is 3.69. The van der Waals surface area contributed by atoms with Crippen LogP contribution in [0.1, 0.15) is 57.1 Å². The Morgan fingerprint density at radius 2 is 1.80 bits per heavy atom. The SMILES string of the molecule is CCCCCCCC(NN)c1ccc2nccnc2c1. The molecule has 3 N–H and O–H groups in total. The Balaban J connectivity index is 1.98. The van der Waals surface area contributed by atoms with Gasteiger partial charge >= 0.3 is 0 Å². The van der Waals surface area contributed by atoms with Gasteiger partial charge in [-0.3, -0.25) is 21.2 Å². The summed E-state index contributed by atoms with van der Waals surface area (Å²) in [6.07, 6.45) is 10.9. The molecule has 108 valence electrons. The predicted molar refractivity (Wildman–Crippen MR) is 83.0 cm³/mol. The van der Waals surface area contributed by atoms with Crippen molar-refractivity contribution in [1.82, 2.24) is 15.4 Å². The van der Waals surface area contributed by atoms with Gasteiger partial charge in [0.1, 0.15) is 0 Å². The number of hydrogen-bond acceptors (Lipinski definition) is 4. The average Bonchev–Trinajstić information content (AvgIpc) is 2.50. The Kier molecular flexibility index (Phi) is 5.89. The Morgan fingerprint density at radius 3 is 2.55 bits per heavy atom. The maximum Gasteiger partial charge on any atom is 0.0890 e. The van der Waals surface area contributed by atoms with Crippen LogP contribution in [-0.2, 0) is 0 Å². The number of nitrogens with two attached hydrogens (primary N) is 1. The van der Waals surface area contributed by atoms with Gasteiger partial charge in [-0.1, -0.05) is 45.1 Å². The normalized spacial score (nSPS) is 12.7. The summed E-state index contributed by atoms with van der Waals surface area (Å²) < 4.78 is 0. The van der Waals surface area contributed by atoms with Crippen molar-refractivity contribution in [2.75, 3.05) is 0 Å². The van der Waals surface area contributed by atoms with Gasteiger partial charge in [0.05, 0.1) is 11.0 Å². The predicted octanol–water partition coefficient (Wildman–Crippen LogP) is 3.49. The zero-order valence-corrected chi connectivity index (χ0v) is 12.2. The molecule has 1 aromatic heterocycles. The molecular formula is C16H24N4. The van der Waals surface area contributed by atoms with Gasteiger partial charge in [-0.15, -0.1) is 0 Å². The number of unbranched alkanes of at least 4 members (excludes halogenated alkanes) is 4. The summed E-state index contributed by atoms with van der Waals surface area (Å²) in [6.45, 7) is 2.24. The van der Waals surface area contributed by atoms with Gasteiger partial charge in [-0.05, 0) is 24.1 Å². The molecular weight excluding hydrogens is 248 g/mol. The minimum absolute atomic E-state index is 0.197. The number of nitrogens with one attached hydrogen (secondary N) is 1. The van der Waals surface area contributed by atoms with Crippen molar-refractivity contribution in [2.24, 2.45) is 5.84 Å². The van der Waals surface area contributed by atoms with Crippen LogP contribution in [0.4, 0.5) is 0 Å². The summed E-state index contributed by atoms with van der Waals surface area (Å²) in [6, 6.07) is 6.38. The molecule has 20 heavy (non-hydrogen) atoms. The van der Waals surface area contributed by atoms with Crippen molar-refractivity contribution >= 4 is 11.0 Å². The highest BCUT2D eigenvalue weighted by atomic mass is 15.2. The van der Waals surface area contributed by atoms with E-state index in [2.05, 4.69) is 34.5 Å². The van der Waals surface area contributed by atoms with Crippen LogP contribution < -0.4 is 11.3 Å². The molecule has 4 nitrogen and oxygen atoms in total. The number of benzene rings is 1. The minimum atomic E-state index is 0.197. The molecule has 0 aliphatic heterocycles. The van der Waals surface area contributed by atoms with Crippen molar-refractivity contribution in [1.29, 1.82) is 0 Å². The topological polar surface area (TPSA) is 63.8 Å². The first-order valence-corrected chi connectivity index (χ1v) is 7.52. The van der Waals surface area contributed by atoms with E-state index in [0.29, 0.717) is 0 Å². The lowest BCUT2D eigenvalue weighted by atomic mass is 10.00. The van der Waals surface area contributed by atoms with Gasteiger partial charge in [0.25, 0.3) is 0 Å². The second kappa shape index (κ2) is 7.92. The summed E-state index contributed by atoms with van der Waals surface area (Å²) in [5.41, 5.74) is 5.97. The van der Waals surface area contributed by atoms with Crippen LogP contribution in [0.25, 0.3) is 11.0 Å². The lowest BCUT2D eigenvalue weighted by molar-refractivity contribution is 0.479. The van der Waals surface area contributed by atoms with Gasteiger partial charge in [-0.2, -0.15) is 0 Å². The standard InChI is InChI=1S/C16H24N4/c1-2-3-4-5-6-7-14(20-17)13-8-9-15-16(12-13)19-11-10-18-15/h8-12,14,20H,2-7,17H2,1H3. The van der Waals surface area contributed by atoms with E-state index in [0.717, 1.165) is 17.5 Å². The van der Waals surface area contributed by atoms with E-state index in [4.69, 9.17) is 5.84 Å². The maximum atomic E-state index is 5.70. The van der Waals surface area contributed by atoms with E-state index in [9.17, 15) is 0 Å². The number of fused-ring (bicyclic) bond motifs is 1. The van der Waals surface area contributed by atoms with E-state index >= 15 is 0 Å². The van der Waals surface area contributed by atoms with Gasteiger partial charge in [0.15, 0.2) is 0 Å². The lowest BCUT2D eigenvalue weighted by Gasteiger charge is -2.16. The fourth-order valence-corrected chi connectivity index (χ4v) is 2.50. The first kappa shape index (κ1) is 14.9. The fraction of sp³-hybridized carbons (Fsp3) is 0.500. The van der Waals surface area contributed by atoms with Crippen molar-refractivity contribution in [2.45, 2.75) is 51.5 Å². The molecule has 0 aliphatic rings. The fourth-order valence-electron chi connectivity index (χ4n) is 2.50. The van der Waals surface area contributed by atoms with Crippen LogP contribution in [0, 0.1) is 0 Å². The minimum Gasteiger partial charge on any atom is -0.271 e. The zero-order chi connectivity index (χ0) is 14.2. The summed E-state index contributed by atoms with van der Waals surface area (Å²) in [4.78, 5) is 8.64. The van der Waals surface area contributed by atoms with E-state index in [1.54, 1.807) is 12.4 Å². The van der Waals surface area contributed by atoms with Gasteiger partial charge in [-0.25, -0.2) is 0 Å². The Labute approximate surface area is 120 Å². The van der Waals surface area contributed by atoms with Crippen LogP contribution in [0.5, 0.6) is 0 Å². The quantitative estimate of drug-likeness (QED) is 0.438. The van der Waals surface area contributed by atoms with E-state index < -0.39 is 0 Å². The van der Waals surface area contributed by atoms with Crippen molar-refractivity contribution in [3.63, 3.8) is 0 Å². The van der Waals surface area contributed by atoms with Crippen LogP contribution in [-0.4, -0.2) is 9.97 Å². The molecule has 0 radical (unpaired) electrons. The maximum absolute atomic E-state index is 5.70. The Hall–Kier alpha value is -1.52. The molecule has 4 heteroatoms. The molecule has 1 unspecified atom stereocenters. The van der Waals surface area contributed by atoms with Gasteiger partial charge in [0.2, 0.25) is 0 Å². The molecule has 0 fully saturated rings. The molecule has 0 aliphatic carbocycles. The number of rotatable bonds is 8. The molecule has 0 saturated heterocycles. The molecule has 1 heterocycles. The number of aromatic nitrogens is 2. The van der Waals surface area contributed by atoms with Gasteiger partial charge in [0, 0.05) is 18.4 Å². The first-order chi connectivity index (χ1) is 9.85. The molecule has 0 bridgehead atoms. The molecule has 1 atom stereocenters. The molecule has 0 saturated carbocycles. The second-order valence-electron chi connectivity index (χ2n) is 5.23. The molecule has 2 aromatic rings. The highest BCUT2D eigenvalue weighted by Crippen LogP contribution is 2.22. The zero-order valence-electron chi connectivity index (χ0n) is 12.2. The summed E-state index contributed by atoms with van der Waals surface area (Å²) in [5, 5.41) is 0. The number of hydrazine groups is 1. The molecule has 0 spiro atoms. The third-order valence-electron chi connectivity index (χ3n) is 3.69. The van der Waals surface area contributed by atoms with Crippen LogP contribution in [0.3, 0.4) is 0 Å². The van der Waals surface area contributed by atoms with Crippen molar-refractivity contribution in [3.05, 3.63) is 36.2 Å². The summed E-state index contributed by atoms with van der Waals surface area (Å²) in [7, 11) is 0. The van der Waals surface area contributed by atoms with Crippen molar-refractivity contribution in [3.8, 4) is 0 Å². The summed E-state index contributed by atoms with van der Waals surface area (Å²) in [5.74, 6) is 5.70. The Morgan fingerprint density at radius 1 is 1.05 bits per heavy atom. The third kappa shape index (κ3) is 3.99. The molecule has 1 aromatic carbocycles. The Bertz CT molecular complexity index is 527. The molecule has 2 rings (SSSR count). The van der Waals surface area contributed by atoms with E-state index in [1.807, 2.05) is 6.07 Å². The smallest absolute Gasteiger partial charge is 0.0890 e. The largest absolute Gasteiger partial charge is 0.271 e. The monoisotopic (exact) mass is 272 g/mol. The van der Waals surface area contributed by atoms with Crippen LogP contribution >= 0.6 is 0 Å². The van der Waals surface area contributed by atoms with E-state index in [1.165, 1.54) is 37.7 Å².